The quantitative estimate of drug-likeness (QED) is 0.429. The molecule has 1 aliphatic heterocycles. The highest BCUT2D eigenvalue weighted by molar-refractivity contribution is 6.04. The van der Waals surface area contributed by atoms with E-state index in [0.29, 0.717) is 29.8 Å². The molecule has 1 aromatic heterocycles. The number of rotatable bonds is 8. The van der Waals surface area contributed by atoms with Crippen LogP contribution in [0.2, 0.25) is 0 Å². The molecule has 170 valence electrons. The number of nitrogens with two attached hydrogens (primary N) is 1. The number of phenolic OH excluding ortho intramolecular Hbond substituents is 1. The summed E-state index contributed by atoms with van der Waals surface area (Å²) < 4.78 is 5.69. The van der Waals surface area contributed by atoms with E-state index in [1.54, 1.807) is 11.0 Å². The number of aryl methyl sites for hydroxylation is 1. The lowest BCUT2D eigenvalue weighted by Gasteiger charge is -2.24. The first-order chi connectivity index (χ1) is 15.0. The maximum Gasteiger partial charge on any atom is 0.217 e. The lowest BCUT2D eigenvalue weighted by Crippen LogP contribution is -2.30. The molecule has 1 aliphatic rings. The Morgan fingerprint density at radius 3 is 2.66 bits per heavy atom. The third-order valence-corrected chi connectivity index (χ3v) is 5.38. The van der Waals surface area contributed by atoms with Gasteiger partial charge in [-0.3, -0.25) is 15.0 Å². The number of ketones is 1. The van der Waals surface area contributed by atoms with Crippen molar-refractivity contribution < 1.29 is 19.4 Å². The van der Waals surface area contributed by atoms with Gasteiger partial charge in [-0.25, -0.2) is 4.98 Å². The highest BCUT2D eigenvalue weighted by Crippen LogP contribution is 2.39. The van der Waals surface area contributed by atoms with Gasteiger partial charge in [0, 0.05) is 35.3 Å². The summed E-state index contributed by atoms with van der Waals surface area (Å²) in [7, 11) is 0. The Bertz CT molecular complexity index is 1070. The summed E-state index contributed by atoms with van der Waals surface area (Å²) in [6.07, 6.45) is 0.587. The fourth-order valence-electron chi connectivity index (χ4n) is 3.63. The average Bonchev–Trinajstić information content (AvgIpc) is 3.00. The fourth-order valence-corrected chi connectivity index (χ4v) is 3.63. The summed E-state index contributed by atoms with van der Waals surface area (Å²) in [5.74, 6) is -0.200. The van der Waals surface area contributed by atoms with Crippen molar-refractivity contribution in [3.63, 3.8) is 0 Å². The monoisotopic (exact) mass is 438 g/mol. The lowest BCUT2D eigenvalue weighted by atomic mass is 9.84. The second kappa shape index (κ2) is 8.98. The van der Waals surface area contributed by atoms with E-state index in [4.69, 9.17) is 15.9 Å². The number of pyridine rings is 1. The minimum absolute atomic E-state index is 0.0176. The maximum atomic E-state index is 13.2. The van der Waals surface area contributed by atoms with Gasteiger partial charge in [-0.1, -0.05) is 26.8 Å². The standard InChI is InChI=1S/C24H30N4O4/c1-14-7-8-15-12-28(23(26)21(15)27-14)13-18(29)16-10-17(24(2,3)4)22(31)19(11-16)32-9-5-6-20(25)30/h7-8,10-11,26,31H,5-6,9,12-13H2,1-4H3,(H2,25,30). The van der Waals surface area contributed by atoms with E-state index in [1.807, 2.05) is 39.8 Å². The second-order valence-electron chi connectivity index (χ2n) is 9.13. The molecule has 2 aromatic rings. The maximum absolute atomic E-state index is 13.2. The van der Waals surface area contributed by atoms with Crippen molar-refractivity contribution in [3.05, 3.63) is 52.3 Å². The predicted octanol–water partition coefficient (Wildman–Crippen LogP) is 3.06. The smallest absolute Gasteiger partial charge is 0.217 e. The second-order valence-corrected chi connectivity index (χ2v) is 9.13. The van der Waals surface area contributed by atoms with Gasteiger partial charge in [0.05, 0.1) is 13.2 Å². The number of hydrogen-bond donors (Lipinski definition) is 3. The molecule has 2 heterocycles. The van der Waals surface area contributed by atoms with Crippen LogP contribution in [-0.2, 0) is 16.8 Å². The van der Waals surface area contributed by atoms with E-state index in [-0.39, 0.29) is 42.7 Å². The molecule has 0 saturated heterocycles. The van der Waals surface area contributed by atoms with Crippen molar-refractivity contribution in [1.29, 1.82) is 5.41 Å². The van der Waals surface area contributed by atoms with Gasteiger partial charge in [-0.2, -0.15) is 0 Å². The van der Waals surface area contributed by atoms with Crippen LogP contribution in [0.25, 0.3) is 0 Å². The Morgan fingerprint density at radius 1 is 1.28 bits per heavy atom. The first kappa shape index (κ1) is 23.2. The molecule has 8 heteroatoms. The molecule has 0 atom stereocenters. The fraction of sp³-hybridized carbons (Fsp3) is 0.417. The van der Waals surface area contributed by atoms with Crippen molar-refractivity contribution in [2.75, 3.05) is 13.2 Å². The zero-order valence-electron chi connectivity index (χ0n) is 19.0. The molecule has 0 spiro atoms. The molecule has 0 saturated carbocycles. The summed E-state index contributed by atoms with van der Waals surface area (Å²) >= 11 is 0. The number of ether oxygens (including phenoxy) is 1. The summed E-state index contributed by atoms with van der Waals surface area (Å²) in [4.78, 5) is 30.2. The predicted molar refractivity (Wildman–Crippen MR) is 121 cm³/mol. The van der Waals surface area contributed by atoms with Gasteiger partial charge in [0.15, 0.2) is 17.3 Å². The van der Waals surface area contributed by atoms with Crippen molar-refractivity contribution >= 4 is 17.5 Å². The number of phenols is 1. The van der Waals surface area contributed by atoms with Crippen LogP contribution in [0.3, 0.4) is 0 Å². The minimum atomic E-state index is -0.427. The van der Waals surface area contributed by atoms with E-state index in [2.05, 4.69) is 4.98 Å². The molecule has 3 rings (SSSR count). The van der Waals surface area contributed by atoms with E-state index in [1.165, 1.54) is 6.07 Å². The molecule has 1 aromatic carbocycles. The number of nitrogens with one attached hydrogen (secondary N) is 1. The minimum Gasteiger partial charge on any atom is -0.504 e. The third kappa shape index (κ3) is 5.07. The molecular weight excluding hydrogens is 408 g/mol. The van der Waals surface area contributed by atoms with Crippen molar-refractivity contribution in [1.82, 2.24) is 9.88 Å². The van der Waals surface area contributed by atoms with Crippen molar-refractivity contribution in [2.24, 2.45) is 5.73 Å². The topological polar surface area (TPSA) is 130 Å². The summed E-state index contributed by atoms with van der Waals surface area (Å²) in [6, 6.07) is 7.04. The molecule has 4 N–H and O–H groups in total. The zero-order valence-corrected chi connectivity index (χ0v) is 19.0. The van der Waals surface area contributed by atoms with Crippen LogP contribution < -0.4 is 10.5 Å². The molecule has 0 radical (unpaired) electrons. The van der Waals surface area contributed by atoms with Crippen molar-refractivity contribution in [2.45, 2.75) is 52.5 Å². The van der Waals surface area contributed by atoms with Crippen LogP contribution in [0, 0.1) is 12.3 Å². The Morgan fingerprint density at radius 2 is 2.00 bits per heavy atom. The number of aromatic hydroxyl groups is 1. The molecule has 0 bridgehead atoms. The Balaban J connectivity index is 1.83. The number of nitrogens with zero attached hydrogens (tertiary/aromatic N) is 2. The van der Waals surface area contributed by atoms with E-state index >= 15 is 0 Å². The Kier molecular flexibility index (Phi) is 6.52. The number of primary amides is 1. The summed E-state index contributed by atoms with van der Waals surface area (Å²) in [5, 5.41) is 19.1. The van der Waals surface area contributed by atoms with Gasteiger partial charge in [0.2, 0.25) is 5.91 Å². The number of Topliss-reactive ketones (excluding diaryl/α,β-unsaturated/α-hetero) is 1. The lowest BCUT2D eigenvalue weighted by molar-refractivity contribution is -0.118. The average molecular weight is 439 g/mol. The van der Waals surface area contributed by atoms with Gasteiger partial charge in [0.1, 0.15) is 11.5 Å². The van der Waals surface area contributed by atoms with Gasteiger partial charge < -0.3 is 20.5 Å². The van der Waals surface area contributed by atoms with Crippen LogP contribution >= 0.6 is 0 Å². The SMILES string of the molecule is Cc1ccc2c(n1)C(=N)N(CC(=O)c1cc(OCCCC(N)=O)c(O)c(C(C)(C)C)c1)C2. The molecule has 0 fully saturated rings. The largest absolute Gasteiger partial charge is 0.504 e. The molecular formula is C24H30N4O4. The Hall–Kier alpha value is -3.42. The summed E-state index contributed by atoms with van der Waals surface area (Å²) in [6.45, 7) is 8.35. The highest BCUT2D eigenvalue weighted by atomic mass is 16.5. The molecule has 0 unspecified atom stereocenters. The highest BCUT2D eigenvalue weighted by Gasteiger charge is 2.29. The Labute approximate surface area is 187 Å². The van der Waals surface area contributed by atoms with Crippen LogP contribution in [0.1, 0.15) is 66.5 Å². The number of aromatic nitrogens is 1. The van der Waals surface area contributed by atoms with E-state index in [9.17, 15) is 14.7 Å². The molecule has 32 heavy (non-hydrogen) atoms. The van der Waals surface area contributed by atoms with Gasteiger partial charge >= 0.3 is 0 Å². The molecule has 1 amide bonds. The number of benzene rings is 1. The first-order valence-electron chi connectivity index (χ1n) is 10.6. The number of fused-ring (bicyclic) bond motifs is 1. The van der Waals surface area contributed by atoms with Gasteiger partial charge in [-0.15, -0.1) is 0 Å². The van der Waals surface area contributed by atoms with Crippen molar-refractivity contribution in [3.8, 4) is 11.5 Å². The third-order valence-electron chi connectivity index (χ3n) is 5.38. The van der Waals surface area contributed by atoms with Crippen LogP contribution in [0.15, 0.2) is 24.3 Å². The van der Waals surface area contributed by atoms with Crippen LogP contribution in [0.5, 0.6) is 11.5 Å². The van der Waals surface area contributed by atoms with Gasteiger partial charge in [-0.05, 0) is 37.0 Å². The number of hydrogen-bond acceptors (Lipinski definition) is 6. The number of carbonyl (C=O) groups excluding carboxylic acids is 2. The molecule has 0 aliphatic carbocycles. The summed E-state index contributed by atoms with van der Waals surface area (Å²) in [5.41, 5.74) is 8.08. The van der Waals surface area contributed by atoms with E-state index < -0.39 is 11.3 Å². The van der Waals surface area contributed by atoms with E-state index in [0.717, 1.165) is 11.3 Å². The number of amidine groups is 1. The van der Waals surface area contributed by atoms with Crippen LogP contribution in [-0.4, -0.2) is 45.7 Å². The van der Waals surface area contributed by atoms with Gasteiger partial charge in [0.25, 0.3) is 0 Å². The van der Waals surface area contributed by atoms with Crippen LogP contribution in [0.4, 0.5) is 0 Å². The number of carbonyl (C=O) groups is 2. The normalized spacial score (nSPS) is 13.2. The zero-order chi connectivity index (χ0) is 23.6. The number of amides is 1. The first-order valence-corrected chi connectivity index (χ1v) is 10.6. The molecule has 8 nitrogen and oxygen atoms in total.